The van der Waals surface area contributed by atoms with Gasteiger partial charge in [0.05, 0.1) is 0 Å². The zero-order chi connectivity index (χ0) is 20.4. The van der Waals surface area contributed by atoms with Crippen LogP contribution in [-0.2, 0) is 21.1 Å². The molecule has 7 heteroatoms. The number of allylic oxidation sites excluding steroid dienone is 8. The summed E-state index contributed by atoms with van der Waals surface area (Å²) >= 11 is 20.6. The second-order valence-corrected chi connectivity index (χ2v) is 15.4. The third-order valence-corrected chi connectivity index (χ3v) is 14.7. The average molecular weight is 545 g/mol. The van der Waals surface area contributed by atoms with Gasteiger partial charge in [-0.2, -0.15) is 0 Å². The molecule has 0 saturated heterocycles. The van der Waals surface area contributed by atoms with Crippen LogP contribution in [0.1, 0.15) is 12.8 Å². The molecule has 0 aliphatic heterocycles. The molecule has 0 spiro atoms. The molecule has 2 aromatic rings. The van der Waals surface area contributed by atoms with Gasteiger partial charge in [-0.1, -0.05) is 0 Å². The fourth-order valence-corrected chi connectivity index (χ4v) is 12.0. The van der Waals surface area contributed by atoms with Crippen molar-refractivity contribution in [1.29, 1.82) is 0 Å². The van der Waals surface area contributed by atoms with Crippen molar-refractivity contribution < 1.29 is 26.8 Å². The molecule has 0 amide bonds. The van der Waals surface area contributed by atoms with E-state index in [2.05, 4.69) is 24.3 Å². The molecule has 0 atom stereocenters. The van der Waals surface area contributed by atoms with Crippen molar-refractivity contribution in [2.75, 3.05) is 0 Å². The standard InChI is InChI=1S/2C6H4Cl2O.2C5H5.Zr/c2*7-5-2-1-4(9)3-6(5)8;2*1-2-4-5-3-1;/h2*1-3,9H;2*1-3H,4H2;/q;;;;+2/p-2. The molecular formula is C22H16Cl4O2Zr. The van der Waals surface area contributed by atoms with Crippen molar-refractivity contribution in [3.63, 3.8) is 0 Å². The van der Waals surface area contributed by atoms with E-state index in [0.29, 0.717) is 31.6 Å². The summed E-state index contributed by atoms with van der Waals surface area (Å²) in [6.07, 6.45) is 14.1. The Morgan fingerprint density at radius 3 is 1.41 bits per heavy atom. The van der Waals surface area contributed by atoms with Crippen LogP contribution in [0.4, 0.5) is 0 Å². The Labute approximate surface area is 195 Å². The first-order chi connectivity index (χ1) is 14.0. The van der Waals surface area contributed by atoms with E-state index < -0.39 is 21.1 Å². The van der Waals surface area contributed by atoms with E-state index in [9.17, 15) is 0 Å². The number of hydrogen-bond acceptors (Lipinski definition) is 2. The van der Waals surface area contributed by atoms with Gasteiger partial charge in [0.15, 0.2) is 0 Å². The van der Waals surface area contributed by atoms with E-state index in [0.717, 1.165) is 12.8 Å². The topological polar surface area (TPSA) is 18.5 Å². The predicted molar refractivity (Wildman–Crippen MR) is 118 cm³/mol. The van der Waals surface area contributed by atoms with Gasteiger partial charge >= 0.3 is 197 Å². The summed E-state index contributed by atoms with van der Waals surface area (Å²) in [6.45, 7) is 0. The van der Waals surface area contributed by atoms with Gasteiger partial charge in [0.25, 0.3) is 0 Å². The molecule has 148 valence electrons. The minimum atomic E-state index is -4.09. The van der Waals surface area contributed by atoms with Gasteiger partial charge in [-0.3, -0.25) is 0 Å². The quantitative estimate of drug-likeness (QED) is 0.363. The molecule has 0 radical (unpaired) electrons. The maximum absolute atomic E-state index is 6.73. The summed E-state index contributed by atoms with van der Waals surface area (Å²) in [5.41, 5.74) is 0. The summed E-state index contributed by atoms with van der Waals surface area (Å²) in [7, 11) is 0. The zero-order valence-electron chi connectivity index (χ0n) is 15.2. The maximum atomic E-state index is 6.73. The molecule has 2 aliphatic rings. The van der Waals surface area contributed by atoms with Gasteiger partial charge in [-0.15, -0.1) is 0 Å². The summed E-state index contributed by atoms with van der Waals surface area (Å²) in [5.74, 6) is 1.27. The van der Waals surface area contributed by atoms with Crippen molar-refractivity contribution in [2.45, 2.75) is 12.8 Å². The Morgan fingerprint density at radius 1 is 0.621 bits per heavy atom. The van der Waals surface area contributed by atoms with Crippen LogP contribution < -0.4 is 5.63 Å². The van der Waals surface area contributed by atoms with Crippen molar-refractivity contribution in [3.05, 3.63) is 99.5 Å². The van der Waals surface area contributed by atoms with Crippen LogP contribution in [0.25, 0.3) is 0 Å². The summed E-state index contributed by atoms with van der Waals surface area (Å²) in [5, 5.41) is 1.84. The zero-order valence-corrected chi connectivity index (χ0v) is 20.7. The first-order valence-corrected chi connectivity index (χ1v) is 15.0. The monoisotopic (exact) mass is 542 g/mol. The number of benzene rings is 2. The molecule has 0 heterocycles. The molecule has 29 heavy (non-hydrogen) atoms. The fraction of sp³-hybridized carbons (Fsp3) is 0.0909. The molecule has 2 aliphatic carbocycles. The normalized spacial score (nSPS) is 15.4. The number of halogens is 4. The van der Waals surface area contributed by atoms with E-state index >= 15 is 0 Å². The van der Waals surface area contributed by atoms with E-state index in [4.69, 9.17) is 52.0 Å². The van der Waals surface area contributed by atoms with Crippen LogP contribution in [0.15, 0.2) is 79.4 Å². The first kappa shape index (κ1) is 21.3. The van der Waals surface area contributed by atoms with Gasteiger partial charge in [0, 0.05) is 0 Å². The van der Waals surface area contributed by atoms with Crippen LogP contribution in [0.3, 0.4) is 0 Å². The molecule has 0 unspecified atom stereocenters. The Hall–Kier alpha value is -0.957. The Morgan fingerprint density at radius 2 is 1.07 bits per heavy atom. The first-order valence-electron chi connectivity index (χ1n) is 8.98. The second-order valence-electron chi connectivity index (χ2n) is 6.62. The minimum absolute atomic E-state index is 0.441. The van der Waals surface area contributed by atoms with Crippen molar-refractivity contribution >= 4 is 46.4 Å². The molecule has 0 N–H and O–H groups in total. The predicted octanol–water partition coefficient (Wildman–Crippen LogP) is 8.43. The molecular weight excluding hydrogens is 529 g/mol. The molecule has 2 aromatic carbocycles. The fourth-order valence-electron chi connectivity index (χ4n) is 3.28. The Balaban J connectivity index is 1.81. The summed E-state index contributed by atoms with van der Waals surface area (Å²) in [4.78, 5) is 0. The van der Waals surface area contributed by atoms with Crippen molar-refractivity contribution in [1.82, 2.24) is 0 Å². The van der Waals surface area contributed by atoms with Crippen molar-refractivity contribution in [3.8, 4) is 11.5 Å². The molecule has 4 rings (SSSR count). The average Bonchev–Trinajstić information content (AvgIpc) is 3.41. The van der Waals surface area contributed by atoms with Crippen LogP contribution in [0.5, 0.6) is 11.5 Å². The molecule has 0 fully saturated rings. The summed E-state index contributed by atoms with van der Waals surface area (Å²) in [6, 6.07) is 10.6. The Kier molecular flexibility index (Phi) is 6.63. The molecule has 0 aromatic heterocycles. The van der Waals surface area contributed by atoms with Gasteiger partial charge in [-0.25, -0.2) is 0 Å². The second kappa shape index (κ2) is 9.04. The van der Waals surface area contributed by atoms with Crippen LogP contribution >= 0.6 is 46.4 Å². The van der Waals surface area contributed by atoms with E-state index in [-0.39, 0.29) is 0 Å². The summed E-state index contributed by atoms with van der Waals surface area (Å²) < 4.78 is 15.8. The molecule has 0 bridgehead atoms. The molecule has 0 saturated carbocycles. The van der Waals surface area contributed by atoms with Gasteiger partial charge in [0.2, 0.25) is 0 Å². The van der Waals surface area contributed by atoms with Gasteiger partial charge in [-0.05, 0) is 0 Å². The van der Waals surface area contributed by atoms with Crippen molar-refractivity contribution in [2.24, 2.45) is 0 Å². The van der Waals surface area contributed by atoms with Gasteiger partial charge in [0.1, 0.15) is 0 Å². The van der Waals surface area contributed by atoms with Crippen LogP contribution in [-0.4, -0.2) is 0 Å². The van der Waals surface area contributed by atoms with Crippen LogP contribution in [0.2, 0.25) is 20.1 Å². The SMILES string of the molecule is Clc1ccc([O][Zr]([O]c2ccc(Cl)c(Cl)c2)([C]2=CC=CC2)[C]2=CC=CC2)cc1Cl. The van der Waals surface area contributed by atoms with Gasteiger partial charge < -0.3 is 0 Å². The van der Waals surface area contributed by atoms with E-state index in [1.54, 1.807) is 24.3 Å². The van der Waals surface area contributed by atoms with E-state index in [1.807, 2.05) is 24.3 Å². The third-order valence-electron chi connectivity index (χ3n) is 4.69. The van der Waals surface area contributed by atoms with Crippen LogP contribution in [0, 0.1) is 0 Å². The third kappa shape index (κ3) is 4.55. The number of rotatable bonds is 6. The van der Waals surface area contributed by atoms with E-state index in [1.165, 1.54) is 6.56 Å². The Bertz CT molecular complexity index is 987. The number of hydrogen-bond donors (Lipinski definition) is 0. The molecule has 2 nitrogen and oxygen atoms in total.